The van der Waals surface area contributed by atoms with E-state index in [1.807, 2.05) is 0 Å². The van der Waals surface area contributed by atoms with E-state index in [9.17, 15) is 14.9 Å². The summed E-state index contributed by atoms with van der Waals surface area (Å²) >= 11 is 0. The van der Waals surface area contributed by atoms with Crippen LogP contribution in [0.2, 0.25) is 0 Å². The lowest BCUT2D eigenvalue weighted by molar-refractivity contribution is -0.389. The zero-order chi connectivity index (χ0) is 11.4. The van der Waals surface area contributed by atoms with Gasteiger partial charge in [0.1, 0.15) is 12.2 Å². The van der Waals surface area contributed by atoms with Gasteiger partial charge in [0.2, 0.25) is 0 Å². The molecule has 7 heteroatoms. The Labute approximate surface area is 84.5 Å². The van der Waals surface area contributed by atoms with E-state index in [1.165, 1.54) is 13.2 Å². The second kappa shape index (κ2) is 4.36. The number of pyridine rings is 1. The minimum absolute atomic E-state index is 0.0913. The molecule has 0 aliphatic carbocycles. The fraction of sp³-hybridized carbons (Fsp3) is 0.250. The highest BCUT2D eigenvalue weighted by Crippen LogP contribution is 2.19. The number of hydrogen-bond acceptors (Lipinski definition) is 5. The van der Waals surface area contributed by atoms with Gasteiger partial charge >= 0.3 is 11.8 Å². The first-order valence-corrected chi connectivity index (χ1v) is 3.94. The summed E-state index contributed by atoms with van der Waals surface area (Å²) in [6.45, 7) is 0. The van der Waals surface area contributed by atoms with Gasteiger partial charge in [-0.1, -0.05) is 0 Å². The number of nitro groups is 1. The summed E-state index contributed by atoms with van der Waals surface area (Å²) in [5.74, 6) is -1.32. The smallest absolute Gasteiger partial charge is 0.367 e. The molecule has 1 aromatic rings. The Hall–Kier alpha value is -2.18. The fourth-order valence-corrected chi connectivity index (χ4v) is 1.00. The van der Waals surface area contributed by atoms with Crippen molar-refractivity contribution in [1.29, 1.82) is 0 Å². The van der Waals surface area contributed by atoms with Crippen molar-refractivity contribution in [2.75, 3.05) is 7.11 Å². The summed E-state index contributed by atoms with van der Waals surface area (Å²) in [6.07, 6.45) is -0.377. The van der Waals surface area contributed by atoms with Crippen molar-refractivity contribution in [3.63, 3.8) is 0 Å². The van der Waals surface area contributed by atoms with Crippen molar-refractivity contribution in [2.45, 2.75) is 6.42 Å². The summed E-state index contributed by atoms with van der Waals surface area (Å²) in [6, 6.07) is 2.48. The topological polar surface area (TPSA) is 103 Å². The number of aliphatic carboxylic acids is 1. The molecule has 0 bridgehead atoms. The maximum absolute atomic E-state index is 10.4. The van der Waals surface area contributed by atoms with Crippen LogP contribution in [0, 0.1) is 10.1 Å². The molecule has 0 aliphatic heterocycles. The largest absolute Gasteiger partial charge is 0.496 e. The van der Waals surface area contributed by atoms with Crippen LogP contribution < -0.4 is 4.74 Å². The van der Waals surface area contributed by atoms with E-state index in [1.54, 1.807) is 0 Å². The fourth-order valence-electron chi connectivity index (χ4n) is 1.00. The summed E-state index contributed by atoms with van der Waals surface area (Å²) in [5, 5.41) is 19.0. The molecule has 0 saturated heterocycles. The van der Waals surface area contributed by atoms with E-state index in [0.29, 0.717) is 0 Å². The first-order chi connectivity index (χ1) is 7.02. The molecule has 0 fully saturated rings. The maximum atomic E-state index is 10.4. The number of hydrogen-bond donors (Lipinski definition) is 1. The highest BCUT2D eigenvalue weighted by Gasteiger charge is 2.15. The molecular weight excluding hydrogens is 204 g/mol. The van der Waals surface area contributed by atoms with Gasteiger partial charge in [-0.25, -0.2) is 0 Å². The van der Waals surface area contributed by atoms with Crippen molar-refractivity contribution in [1.82, 2.24) is 4.98 Å². The van der Waals surface area contributed by atoms with E-state index in [0.717, 1.165) is 6.07 Å². The van der Waals surface area contributed by atoms with Crippen LogP contribution in [0.15, 0.2) is 12.1 Å². The van der Waals surface area contributed by atoms with Gasteiger partial charge in [-0.3, -0.25) is 4.79 Å². The summed E-state index contributed by atoms with van der Waals surface area (Å²) in [4.78, 5) is 23.7. The summed E-state index contributed by atoms with van der Waals surface area (Å²) < 4.78 is 4.79. The highest BCUT2D eigenvalue weighted by atomic mass is 16.6. The molecular formula is C8H8N2O5. The van der Waals surface area contributed by atoms with Gasteiger partial charge in [-0.05, 0) is 9.91 Å². The van der Waals surface area contributed by atoms with E-state index >= 15 is 0 Å². The Morgan fingerprint density at radius 3 is 2.80 bits per heavy atom. The van der Waals surface area contributed by atoms with Crippen LogP contribution in [0.5, 0.6) is 5.75 Å². The van der Waals surface area contributed by atoms with Crippen LogP contribution in [-0.4, -0.2) is 28.1 Å². The van der Waals surface area contributed by atoms with Crippen LogP contribution >= 0.6 is 0 Å². The number of ether oxygens (including phenoxy) is 1. The summed E-state index contributed by atoms with van der Waals surface area (Å²) in [7, 11) is 1.34. The lowest BCUT2D eigenvalue weighted by Crippen LogP contribution is -2.04. The third kappa shape index (κ3) is 2.90. The molecule has 15 heavy (non-hydrogen) atoms. The van der Waals surface area contributed by atoms with Crippen LogP contribution in [0.25, 0.3) is 0 Å². The number of methoxy groups -OCH3 is 1. The first-order valence-electron chi connectivity index (χ1n) is 3.94. The van der Waals surface area contributed by atoms with Crippen molar-refractivity contribution in [3.8, 4) is 5.75 Å². The average molecular weight is 212 g/mol. The SMILES string of the molecule is COc1cc(CC(=O)O)nc([N+](=O)[O-])c1. The van der Waals surface area contributed by atoms with Gasteiger partial charge in [0.15, 0.2) is 5.69 Å². The lowest BCUT2D eigenvalue weighted by Gasteiger charge is -2.00. The molecule has 1 rings (SSSR count). The van der Waals surface area contributed by atoms with E-state index in [4.69, 9.17) is 9.84 Å². The molecule has 0 aromatic carbocycles. The molecule has 0 atom stereocenters. The Morgan fingerprint density at radius 1 is 1.67 bits per heavy atom. The standard InChI is InChI=1S/C8H8N2O5/c1-15-6-2-5(3-8(11)12)9-7(4-6)10(13)14/h2,4H,3H2,1H3,(H,11,12). The molecule has 0 radical (unpaired) electrons. The molecule has 0 amide bonds. The van der Waals surface area contributed by atoms with Crippen molar-refractivity contribution in [2.24, 2.45) is 0 Å². The third-order valence-electron chi connectivity index (χ3n) is 1.59. The van der Waals surface area contributed by atoms with E-state index in [-0.39, 0.29) is 17.9 Å². The van der Waals surface area contributed by atoms with Gasteiger partial charge in [-0.2, -0.15) is 0 Å². The number of carbonyl (C=O) groups is 1. The van der Waals surface area contributed by atoms with Crippen molar-refractivity contribution < 1.29 is 19.6 Å². The van der Waals surface area contributed by atoms with Gasteiger partial charge in [0, 0.05) is 6.07 Å². The molecule has 1 N–H and O–H groups in total. The van der Waals surface area contributed by atoms with Crippen molar-refractivity contribution >= 4 is 11.8 Å². The predicted molar refractivity (Wildman–Crippen MR) is 48.8 cm³/mol. The molecule has 1 aromatic heterocycles. The Balaban J connectivity index is 3.11. The van der Waals surface area contributed by atoms with E-state index in [2.05, 4.69) is 4.98 Å². The molecule has 0 saturated carbocycles. The van der Waals surface area contributed by atoms with Crippen LogP contribution in [-0.2, 0) is 11.2 Å². The van der Waals surface area contributed by atoms with Crippen LogP contribution in [0.1, 0.15) is 5.69 Å². The second-order valence-corrected chi connectivity index (χ2v) is 2.68. The van der Waals surface area contributed by atoms with Gasteiger partial charge in [0.05, 0.1) is 13.2 Å². The third-order valence-corrected chi connectivity index (χ3v) is 1.59. The number of nitrogens with zero attached hydrogens (tertiary/aromatic N) is 2. The Bertz CT molecular complexity index is 404. The first kappa shape index (κ1) is 10.9. The van der Waals surface area contributed by atoms with Crippen LogP contribution in [0.3, 0.4) is 0 Å². The Kier molecular flexibility index (Phi) is 3.17. The van der Waals surface area contributed by atoms with Gasteiger partial charge in [-0.15, -0.1) is 0 Å². The van der Waals surface area contributed by atoms with Gasteiger partial charge in [0.25, 0.3) is 0 Å². The van der Waals surface area contributed by atoms with Crippen LogP contribution in [0.4, 0.5) is 5.82 Å². The average Bonchev–Trinajstić information content (AvgIpc) is 2.16. The zero-order valence-corrected chi connectivity index (χ0v) is 7.84. The summed E-state index contributed by atoms with van der Waals surface area (Å²) in [5.41, 5.74) is 0.0913. The number of rotatable bonds is 4. The molecule has 0 spiro atoms. The molecule has 1 heterocycles. The zero-order valence-electron chi connectivity index (χ0n) is 7.84. The minimum atomic E-state index is -1.11. The monoisotopic (exact) mass is 212 g/mol. The normalized spacial score (nSPS) is 9.67. The Morgan fingerprint density at radius 2 is 2.33 bits per heavy atom. The van der Waals surface area contributed by atoms with Crippen molar-refractivity contribution in [3.05, 3.63) is 27.9 Å². The number of carboxylic acids is 1. The highest BCUT2D eigenvalue weighted by molar-refractivity contribution is 5.69. The lowest BCUT2D eigenvalue weighted by atomic mass is 10.2. The molecule has 0 aliphatic rings. The number of aromatic nitrogens is 1. The molecule has 0 unspecified atom stereocenters. The minimum Gasteiger partial charge on any atom is -0.496 e. The second-order valence-electron chi connectivity index (χ2n) is 2.68. The molecule has 7 nitrogen and oxygen atoms in total. The maximum Gasteiger partial charge on any atom is 0.367 e. The molecule has 80 valence electrons. The van der Waals surface area contributed by atoms with E-state index < -0.39 is 16.7 Å². The van der Waals surface area contributed by atoms with Gasteiger partial charge < -0.3 is 20.0 Å². The quantitative estimate of drug-likeness (QED) is 0.579. The number of carboxylic acid groups (broad SMARTS) is 1. The predicted octanol–water partition coefficient (Wildman–Crippen LogP) is 0.625.